The SMILES string of the molecule is CCNC(=S)N(CCO)CCC(N)=O. The molecule has 82 valence electrons. The number of thiocarbonyl (C=S) groups is 1. The smallest absolute Gasteiger partial charge is 0.219 e. The van der Waals surface area contributed by atoms with E-state index in [0.717, 1.165) is 6.54 Å². The monoisotopic (exact) mass is 219 g/mol. The summed E-state index contributed by atoms with van der Waals surface area (Å²) in [6.07, 6.45) is 0.242. The maximum absolute atomic E-state index is 10.6. The van der Waals surface area contributed by atoms with Gasteiger partial charge in [0.15, 0.2) is 5.11 Å². The Balaban J connectivity index is 3.99. The minimum absolute atomic E-state index is 0.00426. The zero-order valence-electron chi connectivity index (χ0n) is 8.32. The number of hydrogen-bond donors (Lipinski definition) is 3. The Morgan fingerprint density at radius 3 is 2.64 bits per heavy atom. The first-order valence-electron chi connectivity index (χ1n) is 4.53. The molecule has 0 aromatic rings. The normalized spacial score (nSPS) is 9.57. The van der Waals surface area contributed by atoms with Crippen molar-refractivity contribution in [3.8, 4) is 0 Å². The molecule has 0 saturated carbocycles. The van der Waals surface area contributed by atoms with Crippen LogP contribution in [0.4, 0.5) is 0 Å². The lowest BCUT2D eigenvalue weighted by molar-refractivity contribution is -0.118. The molecule has 5 nitrogen and oxygen atoms in total. The highest BCUT2D eigenvalue weighted by Gasteiger charge is 2.08. The molecular weight excluding hydrogens is 202 g/mol. The van der Waals surface area contributed by atoms with Crippen molar-refractivity contribution in [1.29, 1.82) is 0 Å². The third-order valence-corrected chi connectivity index (χ3v) is 2.02. The first-order valence-corrected chi connectivity index (χ1v) is 4.94. The van der Waals surface area contributed by atoms with E-state index in [0.29, 0.717) is 18.2 Å². The summed E-state index contributed by atoms with van der Waals surface area (Å²) in [6, 6.07) is 0. The quantitative estimate of drug-likeness (QED) is 0.502. The number of nitrogens with two attached hydrogens (primary N) is 1. The molecule has 0 aromatic carbocycles. The van der Waals surface area contributed by atoms with Crippen molar-refractivity contribution >= 4 is 23.2 Å². The number of amides is 1. The fraction of sp³-hybridized carbons (Fsp3) is 0.750. The van der Waals surface area contributed by atoms with Crippen LogP contribution < -0.4 is 11.1 Å². The van der Waals surface area contributed by atoms with Gasteiger partial charge in [0.25, 0.3) is 0 Å². The summed E-state index contributed by atoms with van der Waals surface area (Å²) in [6.45, 7) is 3.51. The molecule has 0 aliphatic heterocycles. The maximum Gasteiger partial charge on any atom is 0.219 e. The predicted octanol–water partition coefficient (Wildman–Crippen LogP) is -0.949. The van der Waals surface area contributed by atoms with Crippen LogP contribution >= 0.6 is 12.2 Å². The molecule has 0 fully saturated rings. The number of nitrogens with one attached hydrogen (secondary N) is 1. The second-order valence-corrected chi connectivity index (χ2v) is 3.15. The van der Waals surface area contributed by atoms with Crippen molar-refractivity contribution in [2.45, 2.75) is 13.3 Å². The molecule has 0 saturated heterocycles. The zero-order valence-corrected chi connectivity index (χ0v) is 9.14. The maximum atomic E-state index is 10.6. The van der Waals surface area contributed by atoms with Gasteiger partial charge in [0.05, 0.1) is 6.61 Å². The molecule has 1 amide bonds. The Hall–Kier alpha value is -0.880. The molecule has 0 spiro atoms. The van der Waals surface area contributed by atoms with Crippen LogP contribution in [0.5, 0.6) is 0 Å². The first kappa shape index (κ1) is 13.1. The summed E-state index contributed by atoms with van der Waals surface area (Å²) < 4.78 is 0. The molecule has 0 atom stereocenters. The summed E-state index contributed by atoms with van der Waals surface area (Å²) in [5, 5.41) is 12.3. The van der Waals surface area contributed by atoms with Crippen molar-refractivity contribution in [3.05, 3.63) is 0 Å². The average molecular weight is 219 g/mol. The van der Waals surface area contributed by atoms with E-state index >= 15 is 0 Å². The second-order valence-electron chi connectivity index (χ2n) is 2.76. The number of carbonyl (C=O) groups excluding carboxylic acids is 1. The Bertz CT molecular complexity index is 199. The van der Waals surface area contributed by atoms with E-state index in [1.807, 2.05) is 6.92 Å². The highest BCUT2D eigenvalue weighted by Crippen LogP contribution is 1.92. The van der Waals surface area contributed by atoms with Crippen LogP contribution in [0.15, 0.2) is 0 Å². The Labute approximate surface area is 89.3 Å². The van der Waals surface area contributed by atoms with Gasteiger partial charge >= 0.3 is 0 Å². The van der Waals surface area contributed by atoms with Gasteiger partial charge < -0.3 is 21.1 Å². The van der Waals surface area contributed by atoms with Crippen molar-refractivity contribution < 1.29 is 9.90 Å². The number of rotatable bonds is 6. The molecule has 4 N–H and O–H groups in total. The molecule has 6 heteroatoms. The molecular formula is C8H17N3O2S. The van der Waals surface area contributed by atoms with Crippen LogP contribution in [-0.2, 0) is 4.79 Å². The van der Waals surface area contributed by atoms with Crippen LogP contribution in [0.2, 0.25) is 0 Å². The van der Waals surface area contributed by atoms with Gasteiger partial charge in [0, 0.05) is 26.1 Å². The average Bonchev–Trinajstić information content (AvgIpc) is 2.12. The van der Waals surface area contributed by atoms with Gasteiger partial charge in [-0.05, 0) is 19.1 Å². The number of hydrogen-bond acceptors (Lipinski definition) is 3. The zero-order chi connectivity index (χ0) is 11.0. The fourth-order valence-corrected chi connectivity index (χ4v) is 1.27. The standard InChI is InChI=1S/C8H17N3O2S/c1-2-10-8(14)11(5-6-12)4-3-7(9)13/h12H,2-6H2,1H3,(H2,9,13)(H,10,14). The number of primary amides is 1. The van der Waals surface area contributed by atoms with Gasteiger partial charge in [0.1, 0.15) is 0 Å². The number of aliphatic hydroxyl groups is 1. The third kappa shape index (κ3) is 5.71. The Morgan fingerprint density at radius 1 is 1.57 bits per heavy atom. The van der Waals surface area contributed by atoms with Gasteiger partial charge in [-0.3, -0.25) is 4.79 Å². The van der Waals surface area contributed by atoms with Gasteiger partial charge in [-0.2, -0.15) is 0 Å². The minimum Gasteiger partial charge on any atom is -0.395 e. The molecule has 0 unspecified atom stereocenters. The summed E-state index contributed by atoms with van der Waals surface area (Å²) in [7, 11) is 0. The molecule has 0 heterocycles. The van der Waals surface area contributed by atoms with Crippen LogP contribution in [-0.4, -0.2) is 47.3 Å². The van der Waals surface area contributed by atoms with Crippen molar-refractivity contribution in [2.75, 3.05) is 26.2 Å². The molecule has 0 bridgehead atoms. The lowest BCUT2D eigenvalue weighted by Gasteiger charge is -2.24. The van der Waals surface area contributed by atoms with Crippen LogP contribution in [0.25, 0.3) is 0 Å². The first-order chi connectivity index (χ1) is 6.61. The summed E-state index contributed by atoms with van der Waals surface area (Å²) in [5.41, 5.74) is 5.02. The predicted molar refractivity (Wildman–Crippen MR) is 58.7 cm³/mol. The van der Waals surface area contributed by atoms with Crippen LogP contribution in [0, 0.1) is 0 Å². The lowest BCUT2D eigenvalue weighted by Crippen LogP contribution is -2.42. The highest BCUT2D eigenvalue weighted by molar-refractivity contribution is 7.80. The van der Waals surface area contributed by atoms with E-state index in [1.165, 1.54) is 0 Å². The van der Waals surface area contributed by atoms with Crippen LogP contribution in [0.1, 0.15) is 13.3 Å². The van der Waals surface area contributed by atoms with E-state index in [4.69, 9.17) is 23.1 Å². The van der Waals surface area contributed by atoms with Crippen molar-refractivity contribution in [2.24, 2.45) is 5.73 Å². The fourth-order valence-electron chi connectivity index (χ4n) is 0.944. The highest BCUT2D eigenvalue weighted by atomic mass is 32.1. The molecule has 0 aliphatic carbocycles. The molecule has 0 radical (unpaired) electrons. The van der Waals surface area contributed by atoms with Gasteiger partial charge in [0.2, 0.25) is 5.91 Å². The number of nitrogens with zero attached hydrogens (tertiary/aromatic N) is 1. The Morgan fingerprint density at radius 2 is 2.21 bits per heavy atom. The minimum atomic E-state index is -0.368. The van der Waals surface area contributed by atoms with Crippen molar-refractivity contribution in [1.82, 2.24) is 10.2 Å². The Kier molecular flexibility index (Phi) is 7.04. The van der Waals surface area contributed by atoms with E-state index < -0.39 is 0 Å². The lowest BCUT2D eigenvalue weighted by atomic mass is 10.4. The summed E-state index contributed by atoms with van der Waals surface area (Å²) in [5.74, 6) is -0.368. The van der Waals surface area contributed by atoms with Gasteiger partial charge in [-0.15, -0.1) is 0 Å². The second kappa shape index (κ2) is 7.52. The third-order valence-electron chi connectivity index (χ3n) is 1.61. The van der Waals surface area contributed by atoms with E-state index in [1.54, 1.807) is 4.90 Å². The molecule has 0 aliphatic rings. The largest absolute Gasteiger partial charge is 0.395 e. The van der Waals surface area contributed by atoms with E-state index in [2.05, 4.69) is 5.32 Å². The van der Waals surface area contributed by atoms with E-state index in [-0.39, 0.29) is 18.9 Å². The summed E-state index contributed by atoms with van der Waals surface area (Å²) in [4.78, 5) is 12.3. The number of aliphatic hydroxyl groups excluding tert-OH is 1. The number of carbonyl (C=O) groups is 1. The van der Waals surface area contributed by atoms with Gasteiger partial charge in [-0.25, -0.2) is 0 Å². The van der Waals surface area contributed by atoms with Gasteiger partial charge in [-0.1, -0.05) is 0 Å². The van der Waals surface area contributed by atoms with Crippen molar-refractivity contribution in [3.63, 3.8) is 0 Å². The summed E-state index contributed by atoms with van der Waals surface area (Å²) >= 11 is 5.04. The molecule has 0 aromatic heterocycles. The van der Waals surface area contributed by atoms with Crippen LogP contribution in [0.3, 0.4) is 0 Å². The topological polar surface area (TPSA) is 78.6 Å². The van der Waals surface area contributed by atoms with E-state index in [9.17, 15) is 4.79 Å². The molecule has 0 rings (SSSR count). The molecule has 14 heavy (non-hydrogen) atoms.